The second-order valence-electron chi connectivity index (χ2n) is 13.4. The van der Waals surface area contributed by atoms with Crippen LogP contribution in [0.5, 0.6) is 5.75 Å². The van der Waals surface area contributed by atoms with Crippen LogP contribution in [0.25, 0.3) is 11.1 Å². The number of para-hydroxylation sites is 1. The fourth-order valence-corrected chi connectivity index (χ4v) is 7.39. The number of halogens is 1. The molecule has 3 aliphatic rings. The lowest BCUT2D eigenvalue weighted by Gasteiger charge is -2.36. The van der Waals surface area contributed by atoms with E-state index in [-0.39, 0.29) is 25.3 Å². The van der Waals surface area contributed by atoms with Gasteiger partial charge in [-0.2, -0.15) is 0 Å². The van der Waals surface area contributed by atoms with Crippen molar-refractivity contribution in [3.63, 3.8) is 0 Å². The van der Waals surface area contributed by atoms with Crippen molar-refractivity contribution in [2.24, 2.45) is 0 Å². The minimum atomic E-state index is -2.01. The third-order valence-corrected chi connectivity index (χ3v) is 11.1. The number of benzene rings is 2. The van der Waals surface area contributed by atoms with Crippen molar-refractivity contribution in [1.29, 1.82) is 0 Å². The van der Waals surface area contributed by atoms with E-state index in [1.807, 2.05) is 42.7 Å². The maximum atomic E-state index is 13.3. The van der Waals surface area contributed by atoms with Crippen LogP contribution >= 0.6 is 23.4 Å². The third-order valence-electron chi connectivity index (χ3n) is 9.64. The quantitative estimate of drug-likeness (QED) is 0.0639. The van der Waals surface area contributed by atoms with Gasteiger partial charge < -0.3 is 40.5 Å². The number of ether oxygens (including phenoxy) is 1. The lowest BCUT2D eigenvalue weighted by molar-refractivity contribution is -0.323. The zero-order chi connectivity index (χ0) is 36.0. The molecule has 2 saturated carbocycles. The average Bonchev–Trinajstić information content (AvgIpc) is 4.12. The van der Waals surface area contributed by atoms with E-state index in [0.29, 0.717) is 36.3 Å². The van der Waals surface area contributed by atoms with Crippen LogP contribution in [0.2, 0.25) is 5.02 Å². The Morgan fingerprint density at radius 3 is 2.59 bits per heavy atom. The Labute approximate surface area is 306 Å². The fraction of sp³-hybridized carbons (Fsp3) is 0.514. The molecule has 2 heterocycles. The number of aromatic nitrogens is 1. The van der Waals surface area contributed by atoms with Gasteiger partial charge in [0, 0.05) is 46.5 Å². The standard InChI is InChI=1S/C37H46ClN3O9S/c38-30-9-8-26(51-17-3-15-41(24-11-16-48-49-22-24)36(47)35(46)34(45)33(44)31(43)21-42)18-23(30)19-40-37(12-13-37)29-20-39-14-10-27(29)28-4-1-2-5-32(28)50-25-6-7-25/h1-2,4-5,8-10,14,18,20,24-25,31,33-35,40,42-46H,3,6-7,11-13,15-17,19,21-22H2/t24?,31-,33+,34-,35-/m0/s1. The Bertz CT molecular complexity index is 1620. The number of thioether (sulfide) groups is 1. The van der Waals surface area contributed by atoms with E-state index >= 15 is 0 Å². The zero-order valence-electron chi connectivity index (χ0n) is 28.3. The molecule has 1 saturated heterocycles. The van der Waals surface area contributed by atoms with Crippen molar-refractivity contribution in [2.75, 3.05) is 32.1 Å². The molecule has 12 nitrogen and oxygen atoms in total. The summed E-state index contributed by atoms with van der Waals surface area (Å²) in [5.74, 6) is 0.727. The van der Waals surface area contributed by atoms with E-state index < -0.39 is 43.0 Å². The molecule has 5 atom stereocenters. The van der Waals surface area contributed by atoms with E-state index in [2.05, 4.69) is 28.5 Å². The molecule has 2 aromatic carbocycles. The Morgan fingerprint density at radius 2 is 1.86 bits per heavy atom. The molecular formula is C37H46ClN3O9S. The van der Waals surface area contributed by atoms with Crippen molar-refractivity contribution in [1.82, 2.24) is 15.2 Å². The number of hydrogen-bond donors (Lipinski definition) is 6. The average molecular weight is 744 g/mol. The molecule has 1 amide bonds. The minimum Gasteiger partial charge on any atom is -0.490 e. The summed E-state index contributed by atoms with van der Waals surface area (Å²) in [6, 6.07) is 15.8. The minimum absolute atomic E-state index is 0.0832. The van der Waals surface area contributed by atoms with Crippen LogP contribution in [0, 0.1) is 0 Å². The van der Waals surface area contributed by atoms with Crippen LogP contribution in [0.1, 0.15) is 49.7 Å². The molecule has 0 radical (unpaired) electrons. The summed E-state index contributed by atoms with van der Waals surface area (Å²) in [5.41, 5.74) is 4.07. The summed E-state index contributed by atoms with van der Waals surface area (Å²) in [5, 5.41) is 54.3. The van der Waals surface area contributed by atoms with Gasteiger partial charge in [0.15, 0.2) is 6.10 Å². The fourth-order valence-electron chi connectivity index (χ4n) is 6.31. The molecule has 0 spiro atoms. The van der Waals surface area contributed by atoms with Gasteiger partial charge in [-0.3, -0.25) is 9.78 Å². The molecule has 0 bridgehead atoms. The first kappa shape index (κ1) is 37.9. The number of nitrogens with one attached hydrogen (secondary N) is 1. The number of rotatable bonds is 18. The first-order valence-electron chi connectivity index (χ1n) is 17.5. The summed E-state index contributed by atoms with van der Waals surface area (Å²) in [6.45, 7) is 0.300. The summed E-state index contributed by atoms with van der Waals surface area (Å²) in [6.07, 6.45) is 1.59. The summed E-state index contributed by atoms with van der Waals surface area (Å²) >= 11 is 8.30. The van der Waals surface area contributed by atoms with E-state index in [4.69, 9.17) is 31.2 Å². The maximum absolute atomic E-state index is 13.3. The lowest BCUT2D eigenvalue weighted by Crippen LogP contribution is -2.56. The van der Waals surface area contributed by atoms with Gasteiger partial charge in [-0.1, -0.05) is 29.8 Å². The maximum Gasteiger partial charge on any atom is 0.254 e. The van der Waals surface area contributed by atoms with Crippen molar-refractivity contribution >= 4 is 29.3 Å². The molecule has 276 valence electrons. The highest BCUT2D eigenvalue weighted by Gasteiger charge is 2.46. The predicted octanol–water partition coefficient (Wildman–Crippen LogP) is 3.19. The van der Waals surface area contributed by atoms with E-state index in [0.717, 1.165) is 58.6 Å². The second kappa shape index (κ2) is 17.3. The van der Waals surface area contributed by atoms with Crippen molar-refractivity contribution in [3.8, 4) is 16.9 Å². The number of carbonyl (C=O) groups excluding carboxylic acids is 1. The summed E-state index contributed by atoms with van der Waals surface area (Å²) in [7, 11) is 0. The molecule has 3 aromatic rings. The van der Waals surface area contributed by atoms with Crippen LogP contribution in [0.15, 0.2) is 65.8 Å². The molecule has 14 heteroatoms. The number of hydrogen-bond acceptors (Lipinski definition) is 12. The SMILES string of the molecule is O=C([C@@H](O)[C@@H](O)[C@H](O)[C@@H](O)CO)N(CCCSc1ccc(Cl)c(CNC2(c3cnccc3-c3ccccc3OC3CC3)CC2)c1)C1CCOOC1. The topological polar surface area (TPSA) is 174 Å². The first-order valence-corrected chi connectivity index (χ1v) is 18.8. The molecule has 1 aromatic heterocycles. The van der Waals surface area contributed by atoms with Gasteiger partial charge in [-0.05, 0) is 91.3 Å². The monoisotopic (exact) mass is 743 g/mol. The molecular weight excluding hydrogens is 698 g/mol. The van der Waals surface area contributed by atoms with Gasteiger partial charge >= 0.3 is 0 Å². The largest absolute Gasteiger partial charge is 0.490 e. The first-order chi connectivity index (χ1) is 24.7. The number of aliphatic hydroxyl groups is 5. The van der Waals surface area contributed by atoms with Crippen LogP contribution in [0.3, 0.4) is 0 Å². The highest BCUT2D eigenvalue weighted by molar-refractivity contribution is 7.99. The van der Waals surface area contributed by atoms with Crippen LogP contribution < -0.4 is 10.1 Å². The number of carbonyl (C=O) groups is 1. The summed E-state index contributed by atoms with van der Waals surface area (Å²) in [4.78, 5) is 30.3. The van der Waals surface area contributed by atoms with Crippen molar-refractivity contribution in [3.05, 3.63) is 77.1 Å². The van der Waals surface area contributed by atoms with Gasteiger partial charge in [0.25, 0.3) is 5.91 Å². The Kier molecular flexibility index (Phi) is 12.9. The van der Waals surface area contributed by atoms with Crippen LogP contribution in [0.4, 0.5) is 0 Å². The Hall–Kier alpha value is -2.82. The van der Waals surface area contributed by atoms with E-state index in [1.54, 1.807) is 11.8 Å². The van der Waals surface area contributed by atoms with Gasteiger partial charge in [0.2, 0.25) is 0 Å². The van der Waals surface area contributed by atoms with Gasteiger partial charge in [-0.15, -0.1) is 11.8 Å². The zero-order valence-corrected chi connectivity index (χ0v) is 29.8. The van der Waals surface area contributed by atoms with Gasteiger partial charge in [0.05, 0.1) is 25.4 Å². The second-order valence-corrected chi connectivity index (χ2v) is 15.0. The lowest BCUT2D eigenvalue weighted by atomic mass is 9.94. The highest BCUT2D eigenvalue weighted by atomic mass is 35.5. The molecule has 6 rings (SSSR count). The molecule has 2 aliphatic carbocycles. The summed E-state index contributed by atoms with van der Waals surface area (Å²) < 4.78 is 6.26. The van der Waals surface area contributed by atoms with Crippen LogP contribution in [-0.2, 0) is 26.7 Å². The molecule has 51 heavy (non-hydrogen) atoms. The molecule has 1 unspecified atom stereocenters. The number of aliphatic hydroxyl groups excluding tert-OH is 5. The Morgan fingerprint density at radius 1 is 1.06 bits per heavy atom. The number of amides is 1. The number of pyridine rings is 1. The van der Waals surface area contributed by atoms with E-state index in [9.17, 15) is 25.2 Å². The van der Waals surface area contributed by atoms with Gasteiger partial charge in [-0.25, -0.2) is 9.78 Å². The highest BCUT2D eigenvalue weighted by Crippen LogP contribution is 2.50. The molecule has 6 N–H and O–H groups in total. The van der Waals surface area contributed by atoms with E-state index in [1.165, 1.54) is 4.90 Å². The molecule has 3 fully saturated rings. The predicted molar refractivity (Wildman–Crippen MR) is 191 cm³/mol. The van der Waals surface area contributed by atoms with Crippen molar-refractivity contribution < 1.29 is 44.8 Å². The van der Waals surface area contributed by atoms with Crippen molar-refractivity contribution in [2.45, 2.75) is 92.1 Å². The molecule has 1 aliphatic heterocycles. The third kappa shape index (κ3) is 9.41. The smallest absolute Gasteiger partial charge is 0.254 e. The van der Waals surface area contributed by atoms with Crippen LogP contribution in [-0.4, -0.2) is 110 Å². The van der Waals surface area contributed by atoms with Gasteiger partial charge in [0.1, 0.15) is 30.7 Å². The number of nitrogens with zero attached hydrogens (tertiary/aromatic N) is 2. The Balaban J connectivity index is 1.07. The normalized spacial score (nSPS) is 20.6.